The maximum Gasteiger partial charge on any atom is 0.560 e. The molecule has 0 aromatic heterocycles. The Morgan fingerprint density at radius 2 is 1.14 bits per heavy atom. The average Bonchev–Trinajstić information content (AvgIpc) is 1.39. The van der Waals surface area contributed by atoms with E-state index < -0.39 is 0 Å². The highest BCUT2D eigenvalue weighted by Gasteiger charge is 1.62. The Hall–Kier alpha value is 2.97. The predicted molar refractivity (Wildman–Crippen MR) is 50.6 cm³/mol. The molecular formula is C2H6Br3Mg2. The first-order valence-electron chi connectivity index (χ1n) is 1.51. The highest BCUT2D eigenvalue weighted by atomic mass is 79.9. The Morgan fingerprint density at radius 1 is 1.14 bits per heavy atom. The third kappa shape index (κ3) is 49.4. The van der Waals surface area contributed by atoms with Gasteiger partial charge in [-0.15, -0.1) is 5.05 Å². The van der Waals surface area contributed by atoms with Crippen LogP contribution in [0.2, 0.25) is 5.05 Å². The molecule has 0 fully saturated rings. The molecule has 5 heteroatoms. The van der Waals surface area contributed by atoms with E-state index in [0.717, 1.165) is 0 Å². The van der Waals surface area contributed by atoms with Gasteiger partial charge in [0.15, 0.2) is 0 Å². The van der Waals surface area contributed by atoms with Crippen molar-refractivity contribution in [1.82, 2.24) is 0 Å². The lowest BCUT2D eigenvalue weighted by atomic mass is 11.9. The second kappa shape index (κ2) is 23.1. The minimum Gasteiger partial charge on any atom is -0.307 e. The largest absolute Gasteiger partial charge is 0.560 e. The summed E-state index contributed by atoms with van der Waals surface area (Å²) >= 11 is 9.96. The van der Waals surface area contributed by atoms with Gasteiger partial charge in [0.1, 0.15) is 0 Å². The van der Waals surface area contributed by atoms with Crippen LogP contribution in [-0.4, -0.2) is 34.2 Å². The fraction of sp³-hybridized carbons (Fsp3) is 0.500. The van der Waals surface area contributed by atoms with E-state index in [4.69, 9.17) is 0 Å². The molecule has 0 nitrogen and oxygen atoms in total. The normalized spacial score (nSPS) is 2.86. The van der Waals surface area contributed by atoms with Crippen molar-refractivity contribution >= 4 is 72.9 Å². The monoisotopic (exact) mass is 315 g/mol. The van der Waals surface area contributed by atoms with Crippen LogP contribution in [0.4, 0.5) is 0 Å². The van der Waals surface area contributed by atoms with Gasteiger partial charge in [-0.25, -0.2) is 0 Å². The second-order valence-electron chi connectivity index (χ2n) is 0.368. The molecule has 0 atom stereocenters. The van der Waals surface area contributed by atoms with Gasteiger partial charge in [-0.2, -0.15) is 0 Å². The zero-order valence-electron chi connectivity index (χ0n) is 4.55. The smallest absolute Gasteiger partial charge is 0.307 e. The summed E-state index contributed by atoms with van der Waals surface area (Å²) in [5, 5.41) is 2.18. The zero-order chi connectivity index (χ0) is 5.41. The first-order chi connectivity index (χ1) is 2.83. The van der Waals surface area contributed by atoms with E-state index in [2.05, 4.69) is 43.7 Å². The molecule has 39 valence electrons. The van der Waals surface area contributed by atoms with E-state index in [1.165, 1.54) is 0 Å². The van der Waals surface area contributed by atoms with Crippen molar-refractivity contribution in [1.29, 1.82) is 0 Å². The van der Waals surface area contributed by atoms with Crippen LogP contribution in [0.1, 0.15) is 0 Å². The predicted octanol–water partition coefficient (Wildman–Crippen LogP) is 2.81. The standard InChI is InChI=1S/2CH3.3BrH.2Mg/h2*1H3;3*1H;;/q;;;;;+1;+2/p-3. The van der Waals surface area contributed by atoms with Crippen LogP contribution in [0.5, 0.6) is 0 Å². The highest BCUT2D eigenvalue weighted by molar-refractivity contribution is 9.47. The van der Waals surface area contributed by atoms with Gasteiger partial charge in [-0.05, 0) is 0 Å². The minimum atomic E-state index is 0. The Morgan fingerprint density at radius 3 is 1.14 bits per heavy atom. The van der Waals surface area contributed by atoms with Crippen LogP contribution in [0, 0.1) is 7.43 Å². The lowest BCUT2D eigenvalue weighted by Crippen LogP contribution is -1.43. The van der Waals surface area contributed by atoms with Gasteiger partial charge in [0.2, 0.25) is 0 Å². The summed E-state index contributed by atoms with van der Waals surface area (Å²) in [7, 11) is 0. The average molecular weight is 318 g/mol. The molecule has 0 N–H and O–H groups in total. The highest BCUT2D eigenvalue weighted by Crippen LogP contribution is 1.77. The van der Waals surface area contributed by atoms with Gasteiger partial charge < -0.3 is 12.9 Å². The summed E-state index contributed by atoms with van der Waals surface area (Å²) in [4.78, 5) is 0. The second-order valence-corrected chi connectivity index (χ2v) is 12.3. The molecule has 0 aromatic carbocycles. The Balaban J connectivity index is -0.0000000400. The maximum absolute atomic E-state index is 3.28. The van der Waals surface area contributed by atoms with E-state index in [9.17, 15) is 0 Å². The zero-order valence-corrected chi connectivity index (χ0v) is 12.1. The molecule has 0 saturated carbocycles. The summed E-state index contributed by atoms with van der Waals surface area (Å²) in [5.41, 5.74) is 0. The van der Waals surface area contributed by atoms with Crippen molar-refractivity contribution in [3.05, 3.63) is 7.43 Å². The van der Waals surface area contributed by atoms with E-state index in [-0.39, 0.29) is 41.6 Å². The molecule has 0 rings (SSSR count). The van der Waals surface area contributed by atoms with E-state index in [1.807, 2.05) is 0 Å². The number of hydrogen-bond acceptors (Lipinski definition) is 0. The lowest BCUT2D eigenvalue weighted by molar-refractivity contribution is 2.38. The van der Waals surface area contributed by atoms with Crippen molar-refractivity contribution in [3.63, 3.8) is 0 Å². The van der Waals surface area contributed by atoms with Crippen molar-refractivity contribution in [2.24, 2.45) is 0 Å². The molecular weight excluding hydrogens is 312 g/mol. The molecule has 0 aliphatic carbocycles. The Labute approximate surface area is 83.6 Å². The van der Waals surface area contributed by atoms with Crippen LogP contribution in [0.25, 0.3) is 0 Å². The molecule has 1 radical (unpaired) electrons. The quantitative estimate of drug-likeness (QED) is 0.603. The van der Waals surface area contributed by atoms with Crippen molar-refractivity contribution < 1.29 is 0 Å². The molecule has 0 spiro atoms. The van der Waals surface area contributed by atoms with Gasteiger partial charge in [0, 0.05) is 0 Å². The van der Waals surface area contributed by atoms with Crippen LogP contribution >= 0.6 is 38.7 Å². The minimum absolute atomic E-state index is 0. The number of rotatable bonds is 0. The molecule has 0 aliphatic rings. The molecule has 0 bridgehead atoms. The van der Waals surface area contributed by atoms with Crippen molar-refractivity contribution in [2.45, 2.75) is 5.05 Å². The topological polar surface area (TPSA) is 0 Å². The summed E-state index contributed by atoms with van der Waals surface area (Å²) < 4.78 is 0. The van der Waals surface area contributed by atoms with Gasteiger partial charge in [0.05, 0.1) is 0 Å². The van der Waals surface area contributed by atoms with Crippen molar-refractivity contribution in [3.8, 4) is 0 Å². The summed E-state index contributed by atoms with van der Waals surface area (Å²) in [6.07, 6.45) is 0. The molecule has 7 heavy (non-hydrogen) atoms. The number of halogens is 3. The van der Waals surface area contributed by atoms with Gasteiger partial charge >= 0.3 is 34.2 Å². The fourth-order valence-corrected chi connectivity index (χ4v) is 0. The fourth-order valence-electron chi connectivity index (χ4n) is 0. The van der Waals surface area contributed by atoms with Crippen LogP contribution < -0.4 is 0 Å². The number of hydrogen-bond donors (Lipinski definition) is 0. The first kappa shape index (κ1) is 16.5. The third-order valence-electron chi connectivity index (χ3n) is 0. The Kier molecular flexibility index (Phi) is 54.4. The van der Waals surface area contributed by atoms with E-state index in [0.29, 0.717) is 0 Å². The molecule has 0 aromatic rings. The summed E-state index contributed by atoms with van der Waals surface area (Å²) in [5.74, 6) is 0. The SMILES string of the molecule is [Br][Mg][Br].[CH3].[CH3][Mg][Br]. The molecule has 0 aliphatic heterocycles. The van der Waals surface area contributed by atoms with Gasteiger partial charge in [-0.3, -0.25) is 25.8 Å². The van der Waals surface area contributed by atoms with Crippen LogP contribution in [-0.2, 0) is 0 Å². The lowest BCUT2D eigenvalue weighted by Gasteiger charge is -1.34. The maximum atomic E-state index is 3.28. The van der Waals surface area contributed by atoms with Crippen molar-refractivity contribution in [2.75, 3.05) is 0 Å². The molecule has 0 amide bonds. The summed E-state index contributed by atoms with van der Waals surface area (Å²) in [6.45, 7) is 0. The third-order valence-corrected chi connectivity index (χ3v) is 0. The Bertz CT molecular complexity index is 12.9. The van der Waals surface area contributed by atoms with E-state index >= 15 is 0 Å². The first-order valence-corrected chi connectivity index (χ1v) is 14.6. The molecule has 0 unspecified atom stereocenters. The van der Waals surface area contributed by atoms with Gasteiger partial charge in [0.25, 0.3) is 0 Å². The molecule has 0 heterocycles. The summed E-state index contributed by atoms with van der Waals surface area (Å²) in [6, 6.07) is 0. The van der Waals surface area contributed by atoms with E-state index in [1.54, 1.807) is 0 Å². The van der Waals surface area contributed by atoms with Crippen LogP contribution in [0.3, 0.4) is 0 Å². The van der Waals surface area contributed by atoms with Crippen LogP contribution in [0.15, 0.2) is 0 Å². The van der Waals surface area contributed by atoms with Gasteiger partial charge in [-0.1, -0.05) is 7.43 Å². The molecule has 0 saturated heterocycles.